The number of ether oxygens (including phenoxy) is 2. The van der Waals surface area contributed by atoms with E-state index in [-0.39, 0.29) is 0 Å². The molecule has 3 nitrogen and oxygen atoms in total. The molecule has 0 heterocycles. The van der Waals surface area contributed by atoms with E-state index in [4.69, 9.17) is 9.47 Å². The summed E-state index contributed by atoms with van der Waals surface area (Å²) >= 11 is 0. The molecule has 0 bridgehead atoms. The lowest BCUT2D eigenvalue weighted by molar-refractivity contribution is 0.394. The second-order valence-electron chi connectivity index (χ2n) is 5.03. The van der Waals surface area contributed by atoms with Crippen LogP contribution in [-0.4, -0.2) is 20.8 Å². The van der Waals surface area contributed by atoms with Gasteiger partial charge in [0.15, 0.2) is 0 Å². The number of hydrogen-bond acceptors (Lipinski definition) is 3. The summed E-state index contributed by atoms with van der Waals surface area (Å²) in [4.78, 5) is 0. The Hall–Kier alpha value is -2.42. The number of rotatable bonds is 7. The summed E-state index contributed by atoms with van der Waals surface area (Å²) < 4.78 is 10.6. The van der Waals surface area contributed by atoms with Crippen LogP contribution < -0.4 is 14.8 Å². The Morgan fingerprint density at radius 3 is 2.00 bits per heavy atom. The van der Waals surface area contributed by atoms with Crippen LogP contribution in [0.2, 0.25) is 0 Å². The predicted octanol–water partition coefficient (Wildman–Crippen LogP) is 4.70. The SMILES string of the molecule is CCCNc1ccc(/C=C/c2cc(OC)cc(OC)c2)cc1. The molecule has 0 atom stereocenters. The van der Waals surface area contributed by atoms with E-state index in [9.17, 15) is 0 Å². The van der Waals surface area contributed by atoms with Gasteiger partial charge in [-0.1, -0.05) is 31.2 Å². The van der Waals surface area contributed by atoms with Gasteiger partial charge >= 0.3 is 0 Å². The Balaban J connectivity index is 2.10. The van der Waals surface area contributed by atoms with Gasteiger partial charge < -0.3 is 14.8 Å². The molecular weight excluding hydrogens is 274 g/mol. The van der Waals surface area contributed by atoms with Crippen LogP contribution >= 0.6 is 0 Å². The molecule has 0 amide bonds. The number of methoxy groups -OCH3 is 2. The molecular formula is C19H23NO2. The third kappa shape index (κ3) is 4.55. The van der Waals surface area contributed by atoms with Crippen LogP contribution in [0.3, 0.4) is 0 Å². The van der Waals surface area contributed by atoms with E-state index in [1.807, 2.05) is 18.2 Å². The summed E-state index contributed by atoms with van der Waals surface area (Å²) in [5.41, 5.74) is 3.36. The van der Waals surface area contributed by atoms with Crippen LogP contribution in [0.5, 0.6) is 11.5 Å². The van der Waals surface area contributed by atoms with E-state index in [0.717, 1.165) is 41.3 Å². The first-order valence-corrected chi connectivity index (χ1v) is 7.50. The zero-order valence-electron chi connectivity index (χ0n) is 13.4. The smallest absolute Gasteiger partial charge is 0.123 e. The molecule has 3 heteroatoms. The first kappa shape index (κ1) is 16.0. The Bertz CT molecular complexity index is 596. The highest BCUT2D eigenvalue weighted by Crippen LogP contribution is 2.24. The average molecular weight is 297 g/mol. The molecule has 0 unspecified atom stereocenters. The molecule has 2 aromatic carbocycles. The van der Waals surface area contributed by atoms with Crippen LogP contribution in [0.1, 0.15) is 24.5 Å². The summed E-state index contributed by atoms with van der Waals surface area (Å²) in [5.74, 6) is 1.58. The van der Waals surface area contributed by atoms with Gasteiger partial charge in [-0.3, -0.25) is 0 Å². The summed E-state index contributed by atoms with van der Waals surface area (Å²) in [6.07, 6.45) is 5.26. The maximum atomic E-state index is 5.28. The topological polar surface area (TPSA) is 30.5 Å². The van der Waals surface area contributed by atoms with E-state index in [0.29, 0.717) is 0 Å². The van der Waals surface area contributed by atoms with Crippen molar-refractivity contribution in [2.75, 3.05) is 26.1 Å². The summed E-state index contributed by atoms with van der Waals surface area (Å²) in [6.45, 7) is 3.16. The second kappa shape index (κ2) is 8.13. The third-order valence-corrected chi connectivity index (χ3v) is 3.33. The standard InChI is InChI=1S/C19H23NO2/c1-4-11-20-17-9-7-15(8-10-17)5-6-16-12-18(21-2)14-19(13-16)22-3/h5-10,12-14,20H,4,11H2,1-3H3/b6-5+. The van der Waals surface area contributed by atoms with Gasteiger partial charge in [-0.15, -0.1) is 0 Å². The molecule has 22 heavy (non-hydrogen) atoms. The quantitative estimate of drug-likeness (QED) is 0.752. The van der Waals surface area contributed by atoms with Gasteiger partial charge in [0.2, 0.25) is 0 Å². The van der Waals surface area contributed by atoms with Crippen LogP contribution in [0.15, 0.2) is 42.5 Å². The van der Waals surface area contributed by atoms with Crippen molar-refractivity contribution < 1.29 is 9.47 Å². The highest BCUT2D eigenvalue weighted by Gasteiger charge is 1.99. The normalized spacial score (nSPS) is 10.7. The van der Waals surface area contributed by atoms with Crippen molar-refractivity contribution in [1.82, 2.24) is 0 Å². The first-order chi connectivity index (χ1) is 10.7. The number of benzene rings is 2. The van der Waals surface area contributed by atoms with Gasteiger partial charge in [-0.2, -0.15) is 0 Å². The van der Waals surface area contributed by atoms with Gasteiger partial charge in [-0.25, -0.2) is 0 Å². The predicted molar refractivity (Wildman–Crippen MR) is 93.7 cm³/mol. The molecule has 0 radical (unpaired) electrons. The molecule has 0 fully saturated rings. The van der Waals surface area contributed by atoms with Crippen LogP contribution in [-0.2, 0) is 0 Å². The largest absolute Gasteiger partial charge is 0.497 e. The lowest BCUT2D eigenvalue weighted by atomic mass is 10.1. The van der Waals surface area contributed by atoms with E-state index in [2.05, 4.69) is 48.7 Å². The minimum atomic E-state index is 0.790. The summed E-state index contributed by atoms with van der Waals surface area (Å²) in [6, 6.07) is 14.2. The Morgan fingerprint density at radius 1 is 0.864 bits per heavy atom. The van der Waals surface area contributed by atoms with E-state index in [1.54, 1.807) is 14.2 Å². The Labute approximate surface area is 132 Å². The Kier molecular flexibility index (Phi) is 5.90. The van der Waals surface area contributed by atoms with Crippen molar-refractivity contribution in [3.05, 3.63) is 53.6 Å². The van der Waals surface area contributed by atoms with E-state index in [1.165, 1.54) is 0 Å². The van der Waals surface area contributed by atoms with Crippen molar-refractivity contribution in [1.29, 1.82) is 0 Å². The minimum Gasteiger partial charge on any atom is -0.497 e. The lowest BCUT2D eigenvalue weighted by Gasteiger charge is -2.06. The maximum Gasteiger partial charge on any atom is 0.123 e. The highest BCUT2D eigenvalue weighted by molar-refractivity contribution is 5.71. The monoisotopic (exact) mass is 297 g/mol. The first-order valence-electron chi connectivity index (χ1n) is 7.50. The molecule has 116 valence electrons. The van der Waals surface area contributed by atoms with E-state index < -0.39 is 0 Å². The molecule has 0 aromatic heterocycles. The van der Waals surface area contributed by atoms with Crippen LogP contribution in [0.4, 0.5) is 5.69 Å². The third-order valence-electron chi connectivity index (χ3n) is 3.33. The van der Waals surface area contributed by atoms with Crippen LogP contribution in [0, 0.1) is 0 Å². The maximum absolute atomic E-state index is 5.28. The molecule has 0 saturated carbocycles. The van der Waals surface area contributed by atoms with Crippen LogP contribution in [0.25, 0.3) is 12.2 Å². The lowest BCUT2D eigenvalue weighted by Crippen LogP contribution is -1.98. The van der Waals surface area contributed by atoms with Gasteiger partial charge in [-0.05, 0) is 41.8 Å². The molecule has 0 aliphatic rings. The minimum absolute atomic E-state index is 0.790. The molecule has 0 aliphatic carbocycles. The fraction of sp³-hybridized carbons (Fsp3) is 0.263. The number of nitrogens with one attached hydrogen (secondary N) is 1. The van der Waals surface area contributed by atoms with Gasteiger partial charge in [0.1, 0.15) is 11.5 Å². The number of anilines is 1. The fourth-order valence-corrected chi connectivity index (χ4v) is 2.10. The number of hydrogen-bond donors (Lipinski definition) is 1. The zero-order chi connectivity index (χ0) is 15.8. The fourth-order valence-electron chi connectivity index (χ4n) is 2.10. The van der Waals surface area contributed by atoms with Gasteiger partial charge in [0.25, 0.3) is 0 Å². The molecule has 1 N–H and O–H groups in total. The highest BCUT2D eigenvalue weighted by atomic mass is 16.5. The average Bonchev–Trinajstić information content (AvgIpc) is 2.58. The second-order valence-corrected chi connectivity index (χ2v) is 5.03. The van der Waals surface area contributed by atoms with Crippen molar-refractivity contribution in [3.8, 4) is 11.5 Å². The van der Waals surface area contributed by atoms with Gasteiger partial charge in [0, 0.05) is 18.3 Å². The summed E-state index contributed by atoms with van der Waals surface area (Å²) in [7, 11) is 3.31. The van der Waals surface area contributed by atoms with Crippen molar-refractivity contribution in [2.45, 2.75) is 13.3 Å². The van der Waals surface area contributed by atoms with Crippen molar-refractivity contribution in [2.24, 2.45) is 0 Å². The van der Waals surface area contributed by atoms with Crippen molar-refractivity contribution in [3.63, 3.8) is 0 Å². The molecule has 2 aromatic rings. The van der Waals surface area contributed by atoms with Gasteiger partial charge in [0.05, 0.1) is 14.2 Å². The van der Waals surface area contributed by atoms with E-state index >= 15 is 0 Å². The molecule has 0 saturated heterocycles. The molecule has 2 rings (SSSR count). The van der Waals surface area contributed by atoms with Crippen molar-refractivity contribution >= 4 is 17.8 Å². The summed E-state index contributed by atoms with van der Waals surface area (Å²) in [5, 5.41) is 3.37. The molecule has 0 aliphatic heterocycles. The molecule has 0 spiro atoms. The Morgan fingerprint density at radius 2 is 1.45 bits per heavy atom. The zero-order valence-corrected chi connectivity index (χ0v) is 13.4.